The Morgan fingerprint density at radius 2 is 1.87 bits per heavy atom. The molecular formula is C9H6F3NO2. The maximum absolute atomic E-state index is 13.2. The molecule has 1 aromatic carbocycles. The average molecular weight is 217 g/mol. The summed E-state index contributed by atoms with van der Waals surface area (Å²) in [5, 5.41) is 2.27. The number of nitrogens with one attached hydrogen (secondary N) is 1. The second-order valence-corrected chi connectivity index (χ2v) is 3.08. The molecule has 1 fully saturated rings. The third kappa shape index (κ3) is 1.74. The summed E-state index contributed by atoms with van der Waals surface area (Å²) >= 11 is 0. The van der Waals surface area contributed by atoms with E-state index in [-0.39, 0.29) is 12.2 Å². The van der Waals surface area contributed by atoms with Gasteiger partial charge in [-0.1, -0.05) is 0 Å². The van der Waals surface area contributed by atoms with Crippen LogP contribution in [-0.4, -0.2) is 12.7 Å². The summed E-state index contributed by atoms with van der Waals surface area (Å²) in [7, 11) is 0. The number of cyclic esters (lactones) is 1. The van der Waals surface area contributed by atoms with Gasteiger partial charge in [-0.05, 0) is 6.07 Å². The topological polar surface area (TPSA) is 38.3 Å². The molecule has 0 bridgehead atoms. The molecule has 1 atom stereocenters. The molecule has 1 heterocycles. The molecule has 0 radical (unpaired) electrons. The summed E-state index contributed by atoms with van der Waals surface area (Å²) in [4.78, 5) is 10.7. The molecule has 0 saturated carbocycles. The molecule has 1 unspecified atom stereocenters. The summed E-state index contributed by atoms with van der Waals surface area (Å²) in [6, 6.07) is 0.381. The third-order valence-corrected chi connectivity index (χ3v) is 2.09. The van der Waals surface area contributed by atoms with Crippen molar-refractivity contribution in [2.75, 3.05) is 6.61 Å². The summed E-state index contributed by atoms with van der Waals surface area (Å²) < 4.78 is 43.1. The molecule has 6 heteroatoms. The molecule has 1 aliphatic heterocycles. The van der Waals surface area contributed by atoms with Crippen molar-refractivity contribution < 1.29 is 22.7 Å². The van der Waals surface area contributed by atoms with E-state index in [1.165, 1.54) is 0 Å². The van der Waals surface area contributed by atoms with E-state index in [4.69, 9.17) is 0 Å². The monoisotopic (exact) mass is 217 g/mol. The second-order valence-electron chi connectivity index (χ2n) is 3.08. The number of rotatable bonds is 1. The molecule has 0 aromatic heterocycles. The van der Waals surface area contributed by atoms with Gasteiger partial charge in [-0.3, -0.25) is 0 Å². The first-order valence-electron chi connectivity index (χ1n) is 4.15. The Kier molecular flexibility index (Phi) is 2.26. The Labute approximate surface area is 82.8 Å². The highest BCUT2D eigenvalue weighted by molar-refractivity contribution is 5.70. The first-order valence-corrected chi connectivity index (χ1v) is 4.15. The molecule has 1 aromatic rings. The highest BCUT2D eigenvalue weighted by atomic mass is 19.2. The summed E-state index contributed by atoms with van der Waals surface area (Å²) in [5.74, 6) is -3.33. The van der Waals surface area contributed by atoms with Gasteiger partial charge in [0.05, 0.1) is 6.04 Å². The minimum atomic E-state index is -1.26. The van der Waals surface area contributed by atoms with Gasteiger partial charge in [0.1, 0.15) is 12.4 Å². The molecule has 0 spiro atoms. The van der Waals surface area contributed by atoms with Crippen LogP contribution >= 0.6 is 0 Å². The summed E-state index contributed by atoms with van der Waals surface area (Å²) in [6.45, 7) is -0.0964. The Morgan fingerprint density at radius 3 is 2.47 bits per heavy atom. The van der Waals surface area contributed by atoms with Crippen molar-refractivity contribution in [3.05, 3.63) is 35.1 Å². The van der Waals surface area contributed by atoms with Crippen LogP contribution in [0.3, 0.4) is 0 Å². The number of carbonyl (C=O) groups is 1. The van der Waals surface area contributed by atoms with E-state index in [1.807, 2.05) is 0 Å². The molecule has 1 aliphatic rings. The zero-order valence-electron chi connectivity index (χ0n) is 7.39. The van der Waals surface area contributed by atoms with Crippen molar-refractivity contribution in [2.45, 2.75) is 6.04 Å². The van der Waals surface area contributed by atoms with Crippen molar-refractivity contribution in [3.63, 3.8) is 0 Å². The largest absolute Gasteiger partial charge is 0.447 e. The van der Waals surface area contributed by atoms with Crippen LogP contribution in [0.15, 0.2) is 12.1 Å². The van der Waals surface area contributed by atoms with E-state index >= 15 is 0 Å². The fraction of sp³-hybridized carbons (Fsp3) is 0.222. The van der Waals surface area contributed by atoms with Crippen LogP contribution in [0.5, 0.6) is 0 Å². The fourth-order valence-electron chi connectivity index (χ4n) is 1.36. The molecule has 1 saturated heterocycles. The van der Waals surface area contributed by atoms with Crippen LogP contribution in [-0.2, 0) is 4.74 Å². The molecule has 3 nitrogen and oxygen atoms in total. The Bertz CT molecular complexity index is 422. The molecule has 2 rings (SSSR count). The van der Waals surface area contributed by atoms with Crippen LogP contribution in [0, 0.1) is 17.5 Å². The zero-order valence-corrected chi connectivity index (χ0v) is 7.39. The Balaban J connectivity index is 2.36. The lowest BCUT2D eigenvalue weighted by Gasteiger charge is -2.09. The van der Waals surface area contributed by atoms with Gasteiger partial charge in [0, 0.05) is 11.6 Å². The maximum Gasteiger partial charge on any atom is 0.407 e. The third-order valence-electron chi connectivity index (χ3n) is 2.09. The minimum Gasteiger partial charge on any atom is -0.447 e. The lowest BCUT2D eigenvalue weighted by atomic mass is 10.1. The van der Waals surface area contributed by atoms with Gasteiger partial charge < -0.3 is 10.1 Å². The van der Waals surface area contributed by atoms with E-state index in [2.05, 4.69) is 10.1 Å². The van der Waals surface area contributed by atoms with Gasteiger partial charge in [-0.2, -0.15) is 0 Å². The highest BCUT2D eigenvalue weighted by Crippen LogP contribution is 2.23. The predicted molar refractivity (Wildman–Crippen MR) is 43.5 cm³/mol. The van der Waals surface area contributed by atoms with Crippen LogP contribution in [0.25, 0.3) is 0 Å². The Hall–Kier alpha value is -1.72. The molecule has 1 N–H and O–H groups in total. The average Bonchev–Trinajstić information content (AvgIpc) is 2.58. The zero-order chi connectivity index (χ0) is 11.0. The molecule has 1 amide bonds. The SMILES string of the molecule is O=C1NC(c2cc(F)c(F)cc2F)CO1. The van der Waals surface area contributed by atoms with Gasteiger partial charge in [0.25, 0.3) is 0 Å². The van der Waals surface area contributed by atoms with Gasteiger partial charge in [-0.15, -0.1) is 0 Å². The van der Waals surface area contributed by atoms with Crippen molar-refractivity contribution in [3.8, 4) is 0 Å². The van der Waals surface area contributed by atoms with Crippen molar-refractivity contribution in [1.82, 2.24) is 5.32 Å². The standard InChI is InChI=1S/C9H6F3NO2/c10-5-2-7(12)6(11)1-4(5)8-3-15-9(14)13-8/h1-2,8H,3H2,(H,13,14). The number of alkyl carbamates (subject to hydrolysis) is 1. The number of amides is 1. The van der Waals surface area contributed by atoms with Gasteiger partial charge in [0.2, 0.25) is 0 Å². The van der Waals surface area contributed by atoms with Crippen molar-refractivity contribution in [2.24, 2.45) is 0 Å². The van der Waals surface area contributed by atoms with Crippen molar-refractivity contribution >= 4 is 6.09 Å². The van der Waals surface area contributed by atoms with Gasteiger partial charge >= 0.3 is 6.09 Å². The van der Waals surface area contributed by atoms with E-state index < -0.39 is 29.6 Å². The normalized spacial score (nSPS) is 19.9. The number of halogens is 3. The molecule has 0 aliphatic carbocycles. The van der Waals surface area contributed by atoms with E-state index in [1.54, 1.807) is 0 Å². The number of hydrogen-bond donors (Lipinski definition) is 1. The maximum atomic E-state index is 13.2. The lowest BCUT2D eigenvalue weighted by Crippen LogP contribution is -2.19. The van der Waals surface area contributed by atoms with Crippen LogP contribution in [0.1, 0.15) is 11.6 Å². The molecule has 15 heavy (non-hydrogen) atoms. The van der Waals surface area contributed by atoms with Crippen LogP contribution < -0.4 is 5.32 Å². The number of ether oxygens (including phenoxy) is 1. The van der Waals surface area contributed by atoms with Crippen LogP contribution in [0.4, 0.5) is 18.0 Å². The fourth-order valence-corrected chi connectivity index (χ4v) is 1.36. The number of hydrogen-bond acceptors (Lipinski definition) is 2. The van der Waals surface area contributed by atoms with Gasteiger partial charge in [-0.25, -0.2) is 18.0 Å². The first kappa shape index (κ1) is 9.82. The summed E-state index contributed by atoms with van der Waals surface area (Å²) in [6.07, 6.45) is -0.705. The smallest absolute Gasteiger partial charge is 0.407 e. The quantitative estimate of drug-likeness (QED) is 0.729. The van der Waals surface area contributed by atoms with Crippen molar-refractivity contribution in [1.29, 1.82) is 0 Å². The summed E-state index contributed by atoms with van der Waals surface area (Å²) in [5.41, 5.74) is -0.125. The first-order chi connectivity index (χ1) is 7.08. The lowest BCUT2D eigenvalue weighted by molar-refractivity contribution is 0.176. The van der Waals surface area contributed by atoms with Gasteiger partial charge in [0.15, 0.2) is 11.6 Å². The molecule has 80 valence electrons. The Morgan fingerprint density at radius 1 is 1.20 bits per heavy atom. The van der Waals surface area contributed by atoms with Crippen LogP contribution in [0.2, 0.25) is 0 Å². The molecular weight excluding hydrogens is 211 g/mol. The van der Waals surface area contributed by atoms with E-state index in [0.717, 1.165) is 0 Å². The number of carbonyl (C=O) groups excluding carboxylic acids is 1. The second kappa shape index (κ2) is 3.45. The predicted octanol–water partition coefficient (Wildman–Crippen LogP) is 1.88. The van der Waals surface area contributed by atoms with E-state index in [9.17, 15) is 18.0 Å². The highest BCUT2D eigenvalue weighted by Gasteiger charge is 2.27. The van der Waals surface area contributed by atoms with E-state index in [0.29, 0.717) is 12.1 Å². The number of benzene rings is 1. The minimum absolute atomic E-state index is 0.0964.